The van der Waals surface area contributed by atoms with Crippen molar-refractivity contribution in [2.24, 2.45) is 7.05 Å². The van der Waals surface area contributed by atoms with Gasteiger partial charge in [-0.25, -0.2) is 4.57 Å². The van der Waals surface area contributed by atoms with Crippen LogP contribution < -0.4 is 9.13 Å². The third kappa shape index (κ3) is 3.03. The molecule has 0 fully saturated rings. The first-order chi connectivity index (χ1) is 19.3. The minimum absolute atomic E-state index is 0.0220. The Morgan fingerprint density at radius 3 is 2.40 bits per heavy atom. The number of para-hydroxylation sites is 1. The summed E-state index contributed by atoms with van der Waals surface area (Å²) in [6.45, 7) is 11.3. The third-order valence-corrected chi connectivity index (χ3v) is 9.44. The average molecular weight is 528 g/mol. The fourth-order valence-corrected chi connectivity index (χ4v) is 7.46. The van der Waals surface area contributed by atoms with E-state index in [9.17, 15) is 0 Å². The highest BCUT2D eigenvalue weighted by Crippen LogP contribution is 2.61. The largest absolute Gasteiger partial charge is 0.288 e. The average Bonchev–Trinajstić information content (AvgIpc) is 3.35. The van der Waals surface area contributed by atoms with Crippen LogP contribution in [0.5, 0.6) is 0 Å². The van der Waals surface area contributed by atoms with Crippen LogP contribution >= 0.6 is 0 Å². The number of pyridine rings is 1. The Kier molecular flexibility index (Phi) is 5.25. The molecule has 5 heteroatoms. The molecule has 2 atom stereocenters. The van der Waals surface area contributed by atoms with Gasteiger partial charge in [0, 0.05) is 36.2 Å². The maximum absolute atomic E-state index is 4.96. The molecule has 200 valence electrons. The number of allylic oxidation sites excluding steroid dienone is 2. The summed E-state index contributed by atoms with van der Waals surface area (Å²) in [5.74, 6) is 0. The Hall–Kier alpha value is -4.12. The van der Waals surface area contributed by atoms with Gasteiger partial charge in [0.15, 0.2) is 17.3 Å². The summed E-state index contributed by atoms with van der Waals surface area (Å²) < 4.78 is 6.93. The van der Waals surface area contributed by atoms with E-state index < -0.39 is 0 Å². The van der Waals surface area contributed by atoms with Crippen LogP contribution in [0.15, 0.2) is 91.4 Å². The van der Waals surface area contributed by atoms with Gasteiger partial charge in [0.2, 0.25) is 11.4 Å². The van der Waals surface area contributed by atoms with Gasteiger partial charge in [-0.2, -0.15) is 9.67 Å². The highest BCUT2D eigenvalue weighted by molar-refractivity contribution is 5.93. The van der Waals surface area contributed by atoms with Gasteiger partial charge in [0.1, 0.15) is 16.8 Å². The zero-order valence-electron chi connectivity index (χ0n) is 24.3. The van der Waals surface area contributed by atoms with Gasteiger partial charge in [-0.1, -0.05) is 71.0 Å². The normalized spacial score (nSPS) is 21.3. The lowest BCUT2D eigenvalue weighted by atomic mass is 9.50. The first kappa shape index (κ1) is 24.9. The first-order valence-electron chi connectivity index (χ1n) is 14.5. The van der Waals surface area contributed by atoms with Gasteiger partial charge in [-0.05, 0) is 47.7 Å². The van der Waals surface area contributed by atoms with Gasteiger partial charge < -0.3 is 0 Å². The maximum Gasteiger partial charge on any atom is 0.288 e. The number of aromatic nitrogens is 5. The van der Waals surface area contributed by atoms with Crippen molar-refractivity contribution < 1.29 is 9.13 Å². The summed E-state index contributed by atoms with van der Waals surface area (Å²) in [7, 11) is 2.06. The second-order valence-corrected chi connectivity index (χ2v) is 12.3. The van der Waals surface area contributed by atoms with Gasteiger partial charge in [0.05, 0.1) is 11.1 Å². The molecule has 1 aliphatic carbocycles. The molecule has 5 nitrogen and oxygen atoms in total. The third-order valence-electron chi connectivity index (χ3n) is 9.44. The molecular formula is C35H37N5+2. The zero-order chi connectivity index (χ0) is 27.9. The lowest BCUT2D eigenvalue weighted by molar-refractivity contribution is -0.766. The molecule has 7 rings (SSSR count). The number of benzene rings is 2. The van der Waals surface area contributed by atoms with Crippen molar-refractivity contribution >= 4 is 16.6 Å². The monoisotopic (exact) mass is 527 g/mol. The van der Waals surface area contributed by atoms with E-state index in [4.69, 9.17) is 10.1 Å². The van der Waals surface area contributed by atoms with Crippen molar-refractivity contribution in [3.05, 3.63) is 103 Å². The molecule has 0 radical (unpaired) electrons. The van der Waals surface area contributed by atoms with Crippen LogP contribution in [0.2, 0.25) is 0 Å². The lowest BCUT2D eigenvalue weighted by Crippen LogP contribution is -2.76. The quantitative estimate of drug-likeness (QED) is 0.250. The molecule has 0 saturated heterocycles. The number of hydrogen-bond acceptors (Lipinski definition) is 2. The van der Waals surface area contributed by atoms with E-state index in [2.05, 4.69) is 142 Å². The number of aryl methyl sites for hydroxylation is 1. The van der Waals surface area contributed by atoms with E-state index in [1.54, 1.807) is 0 Å². The molecule has 2 aromatic carbocycles. The molecule has 1 aliphatic heterocycles. The van der Waals surface area contributed by atoms with Crippen molar-refractivity contribution in [3.8, 4) is 22.6 Å². The molecule has 0 spiro atoms. The first-order valence-corrected chi connectivity index (χ1v) is 14.5. The highest BCUT2D eigenvalue weighted by Gasteiger charge is 2.71. The second-order valence-electron chi connectivity index (χ2n) is 12.3. The predicted octanol–water partition coefficient (Wildman–Crippen LogP) is 6.50. The summed E-state index contributed by atoms with van der Waals surface area (Å²) in [6.07, 6.45) is 8.77. The lowest BCUT2D eigenvalue weighted by Gasteiger charge is -2.55. The van der Waals surface area contributed by atoms with Gasteiger partial charge in [0.25, 0.3) is 6.33 Å². The SMILES string of the molecule is CCC12C([n+]3ccccc3-c3cc(C(C)(C)C)nn3C)=C[C@]1(CC)[n+]1cnc3ccccc3c1-c1ccccc12. The standard InChI is InChI=1S/C35H37N5/c1-7-34-22-31(39-20-14-13-19-28(39)29-21-30(33(3,4)5)37-38(29)6)35(34,8-2)26-17-11-9-15-24(26)32-25-16-10-12-18-27(25)36-23-40(32)34/h9-23H,7-8H2,1-6H3/q+2/t34-,35?/m0/s1. The van der Waals surface area contributed by atoms with Crippen LogP contribution in [0.25, 0.3) is 39.2 Å². The van der Waals surface area contributed by atoms with Crippen molar-refractivity contribution in [2.45, 2.75) is 63.8 Å². The van der Waals surface area contributed by atoms with E-state index in [0.29, 0.717) is 0 Å². The molecule has 40 heavy (non-hydrogen) atoms. The van der Waals surface area contributed by atoms with Crippen molar-refractivity contribution in [2.75, 3.05) is 0 Å². The summed E-state index contributed by atoms with van der Waals surface area (Å²) in [6, 6.07) is 26.3. The number of rotatable bonds is 4. The fourth-order valence-electron chi connectivity index (χ4n) is 7.46. The van der Waals surface area contributed by atoms with Crippen LogP contribution in [0.3, 0.4) is 0 Å². The maximum atomic E-state index is 4.96. The Morgan fingerprint density at radius 2 is 1.65 bits per heavy atom. The highest BCUT2D eigenvalue weighted by atomic mass is 15.3. The molecule has 0 saturated carbocycles. The van der Waals surface area contributed by atoms with Crippen LogP contribution in [0.1, 0.15) is 58.7 Å². The summed E-state index contributed by atoms with van der Waals surface area (Å²) >= 11 is 0. The van der Waals surface area contributed by atoms with Crippen LogP contribution in [0.4, 0.5) is 0 Å². The fraction of sp³-hybridized carbons (Fsp3) is 0.314. The minimum atomic E-state index is -0.221. The Morgan fingerprint density at radius 1 is 0.900 bits per heavy atom. The van der Waals surface area contributed by atoms with E-state index in [1.165, 1.54) is 27.9 Å². The van der Waals surface area contributed by atoms with Gasteiger partial charge in [-0.15, -0.1) is 0 Å². The number of hydrogen-bond donors (Lipinski definition) is 0. The van der Waals surface area contributed by atoms with Crippen LogP contribution in [-0.4, -0.2) is 14.8 Å². The molecule has 0 bridgehead atoms. The van der Waals surface area contributed by atoms with E-state index in [1.807, 2.05) is 4.68 Å². The Labute approximate surface area is 236 Å². The summed E-state index contributed by atoms with van der Waals surface area (Å²) in [4.78, 5) is 4.96. The molecule has 0 N–H and O–H groups in total. The van der Waals surface area contributed by atoms with Crippen LogP contribution in [0, 0.1) is 0 Å². The molecule has 2 aliphatic rings. The smallest absolute Gasteiger partial charge is 0.262 e. The van der Waals surface area contributed by atoms with Crippen molar-refractivity contribution in [3.63, 3.8) is 0 Å². The number of fused-ring (bicyclic) bond motifs is 8. The predicted molar refractivity (Wildman–Crippen MR) is 159 cm³/mol. The topological polar surface area (TPSA) is 38.5 Å². The van der Waals surface area contributed by atoms with Crippen molar-refractivity contribution in [1.29, 1.82) is 0 Å². The van der Waals surface area contributed by atoms with E-state index in [0.717, 1.165) is 35.4 Å². The molecule has 3 aromatic heterocycles. The number of nitrogens with zero attached hydrogens (tertiary/aromatic N) is 5. The molecular weight excluding hydrogens is 490 g/mol. The molecule has 5 aromatic rings. The molecule has 0 amide bonds. The van der Waals surface area contributed by atoms with Gasteiger partial charge >= 0.3 is 0 Å². The minimum Gasteiger partial charge on any atom is -0.262 e. The van der Waals surface area contributed by atoms with Gasteiger partial charge in [-0.3, -0.25) is 4.68 Å². The summed E-state index contributed by atoms with van der Waals surface area (Å²) in [5.41, 5.74) is 9.24. The molecule has 4 heterocycles. The Balaban J connectivity index is 1.53. The zero-order valence-corrected chi connectivity index (χ0v) is 24.3. The van der Waals surface area contributed by atoms with E-state index >= 15 is 0 Å². The molecule has 1 unspecified atom stereocenters. The second kappa shape index (κ2) is 8.44. The van der Waals surface area contributed by atoms with Crippen LogP contribution in [-0.2, 0) is 23.4 Å². The summed E-state index contributed by atoms with van der Waals surface area (Å²) in [5, 5.41) is 6.12. The van der Waals surface area contributed by atoms with E-state index in [-0.39, 0.29) is 16.4 Å². The Bertz CT molecular complexity index is 1840. The van der Waals surface area contributed by atoms with Crippen molar-refractivity contribution in [1.82, 2.24) is 14.8 Å².